The van der Waals surface area contributed by atoms with E-state index < -0.39 is 5.60 Å². The van der Waals surface area contributed by atoms with Crippen molar-refractivity contribution in [3.8, 4) is 0 Å². The van der Waals surface area contributed by atoms with Crippen LogP contribution in [-0.4, -0.2) is 16.8 Å². The quantitative estimate of drug-likeness (QED) is 0.455. The summed E-state index contributed by atoms with van der Waals surface area (Å²) in [5, 5.41) is -0.232. The SMILES string of the molecule is C=CCC(Sc1ccccc1)C(=O)OC(C)(C)C. The lowest BCUT2D eigenvalue weighted by Crippen LogP contribution is -2.30. The lowest BCUT2D eigenvalue weighted by atomic mass is 10.2. The second-order valence-corrected chi connectivity index (χ2v) is 6.25. The largest absolute Gasteiger partial charge is 0.459 e. The van der Waals surface area contributed by atoms with Gasteiger partial charge in [-0.15, -0.1) is 18.3 Å². The molecule has 0 amide bonds. The van der Waals surface area contributed by atoms with Crippen molar-refractivity contribution in [1.29, 1.82) is 0 Å². The molecule has 18 heavy (non-hydrogen) atoms. The van der Waals surface area contributed by atoms with Gasteiger partial charge in [0, 0.05) is 4.90 Å². The van der Waals surface area contributed by atoms with Gasteiger partial charge in [-0.2, -0.15) is 0 Å². The van der Waals surface area contributed by atoms with Crippen LogP contribution in [0.2, 0.25) is 0 Å². The molecule has 0 aliphatic carbocycles. The Morgan fingerprint density at radius 3 is 2.50 bits per heavy atom. The van der Waals surface area contributed by atoms with Crippen molar-refractivity contribution < 1.29 is 9.53 Å². The summed E-state index contributed by atoms with van der Waals surface area (Å²) in [5.74, 6) is -0.184. The predicted octanol–water partition coefficient (Wildman–Crippen LogP) is 4.07. The monoisotopic (exact) mass is 264 g/mol. The van der Waals surface area contributed by atoms with E-state index in [1.165, 1.54) is 11.8 Å². The summed E-state index contributed by atoms with van der Waals surface area (Å²) in [4.78, 5) is 13.1. The van der Waals surface area contributed by atoms with Crippen LogP contribution in [0.5, 0.6) is 0 Å². The highest BCUT2D eigenvalue weighted by molar-refractivity contribution is 8.00. The molecule has 1 atom stereocenters. The Labute approximate surface area is 113 Å². The molecule has 1 aromatic carbocycles. The molecule has 0 aliphatic rings. The second-order valence-electron chi connectivity index (χ2n) is 4.98. The van der Waals surface area contributed by atoms with Crippen LogP contribution in [0.3, 0.4) is 0 Å². The van der Waals surface area contributed by atoms with Gasteiger partial charge in [0.25, 0.3) is 0 Å². The fraction of sp³-hybridized carbons (Fsp3) is 0.400. The molecule has 0 aliphatic heterocycles. The zero-order valence-corrected chi connectivity index (χ0v) is 12.0. The average Bonchev–Trinajstić information content (AvgIpc) is 2.27. The number of benzene rings is 1. The van der Waals surface area contributed by atoms with Crippen LogP contribution in [0.4, 0.5) is 0 Å². The van der Waals surface area contributed by atoms with Gasteiger partial charge in [-0.25, -0.2) is 0 Å². The van der Waals surface area contributed by atoms with Gasteiger partial charge in [0.1, 0.15) is 10.9 Å². The van der Waals surface area contributed by atoms with Gasteiger partial charge in [0.05, 0.1) is 0 Å². The molecule has 3 heteroatoms. The summed E-state index contributed by atoms with van der Waals surface area (Å²) in [6, 6.07) is 9.86. The maximum atomic E-state index is 12.1. The molecule has 1 aromatic rings. The standard InChI is InChI=1S/C15H20O2S/c1-5-9-13(14(16)17-15(2,3)4)18-12-10-7-6-8-11-12/h5-8,10-11,13H,1,9H2,2-4H3. The summed E-state index contributed by atoms with van der Waals surface area (Å²) in [6.07, 6.45) is 2.36. The van der Waals surface area contributed by atoms with Gasteiger partial charge in [0.2, 0.25) is 0 Å². The molecule has 0 radical (unpaired) electrons. The molecule has 1 unspecified atom stereocenters. The Kier molecular flexibility index (Phi) is 5.48. The van der Waals surface area contributed by atoms with Gasteiger partial charge in [-0.05, 0) is 39.3 Å². The summed E-state index contributed by atoms with van der Waals surface area (Å²) >= 11 is 1.52. The van der Waals surface area contributed by atoms with Crippen molar-refractivity contribution in [3.63, 3.8) is 0 Å². The average molecular weight is 264 g/mol. The highest BCUT2D eigenvalue weighted by atomic mass is 32.2. The maximum Gasteiger partial charge on any atom is 0.320 e. The molecular formula is C15H20O2S. The van der Waals surface area contributed by atoms with Gasteiger partial charge in [0.15, 0.2) is 0 Å². The van der Waals surface area contributed by atoms with E-state index in [4.69, 9.17) is 4.74 Å². The number of allylic oxidation sites excluding steroid dienone is 1. The molecule has 0 heterocycles. The van der Waals surface area contributed by atoms with Crippen LogP contribution in [0.1, 0.15) is 27.2 Å². The lowest BCUT2D eigenvalue weighted by molar-refractivity contribution is -0.154. The molecule has 2 nitrogen and oxygen atoms in total. The molecule has 98 valence electrons. The van der Waals surface area contributed by atoms with Gasteiger partial charge >= 0.3 is 5.97 Å². The Morgan fingerprint density at radius 1 is 1.39 bits per heavy atom. The van der Waals surface area contributed by atoms with E-state index in [0.29, 0.717) is 6.42 Å². The smallest absolute Gasteiger partial charge is 0.320 e. The summed E-state index contributed by atoms with van der Waals surface area (Å²) in [5.41, 5.74) is -0.451. The highest BCUT2D eigenvalue weighted by Gasteiger charge is 2.25. The fourth-order valence-corrected chi connectivity index (χ4v) is 2.39. The summed E-state index contributed by atoms with van der Waals surface area (Å²) in [6.45, 7) is 9.33. The number of hydrogen-bond acceptors (Lipinski definition) is 3. The first-order chi connectivity index (χ1) is 8.42. The Hall–Kier alpha value is -1.22. The van der Waals surface area contributed by atoms with E-state index in [-0.39, 0.29) is 11.2 Å². The molecule has 1 rings (SSSR count). The minimum atomic E-state index is -0.451. The maximum absolute atomic E-state index is 12.1. The van der Waals surface area contributed by atoms with Crippen LogP contribution in [0, 0.1) is 0 Å². The number of esters is 1. The molecule has 0 spiro atoms. The van der Waals surface area contributed by atoms with E-state index in [9.17, 15) is 4.79 Å². The van der Waals surface area contributed by atoms with Gasteiger partial charge < -0.3 is 4.74 Å². The van der Waals surface area contributed by atoms with Gasteiger partial charge in [-0.1, -0.05) is 24.3 Å². The normalized spacial score (nSPS) is 12.8. The number of thioether (sulfide) groups is 1. The van der Waals surface area contributed by atoms with Crippen LogP contribution in [-0.2, 0) is 9.53 Å². The Balaban J connectivity index is 2.71. The highest BCUT2D eigenvalue weighted by Crippen LogP contribution is 2.27. The third-order valence-corrected chi connectivity index (χ3v) is 3.29. The van der Waals surface area contributed by atoms with Crippen LogP contribution >= 0.6 is 11.8 Å². The van der Waals surface area contributed by atoms with E-state index >= 15 is 0 Å². The minimum absolute atomic E-state index is 0.184. The first kappa shape index (κ1) is 14.8. The topological polar surface area (TPSA) is 26.3 Å². The number of carbonyl (C=O) groups excluding carboxylic acids is 1. The van der Waals surface area contributed by atoms with Crippen molar-refractivity contribution in [3.05, 3.63) is 43.0 Å². The number of ether oxygens (including phenoxy) is 1. The minimum Gasteiger partial charge on any atom is -0.459 e. The molecule has 0 fully saturated rings. The Bertz CT molecular complexity index is 393. The van der Waals surface area contributed by atoms with Crippen molar-refractivity contribution in [2.24, 2.45) is 0 Å². The fourth-order valence-electron chi connectivity index (χ4n) is 1.37. The van der Waals surface area contributed by atoms with E-state index in [0.717, 1.165) is 4.90 Å². The molecule has 0 aromatic heterocycles. The number of carbonyl (C=O) groups is 1. The molecular weight excluding hydrogens is 244 g/mol. The molecule has 0 bridgehead atoms. The summed E-state index contributed by atoms with van der Waals surface area (Å²) < 4.78 is 5.42. The number of hydrogen-bond donors (Lipinski definition) is 0. The van der Waals surface area contributed by atoms with Crippen molar-refractivity contribution >= 4 is 17.7 Å². The third-order valence-electron chi connectivity index (χ3n) is 2.07. The van der Waals surface area contributed by atoms with E-state index in [1.807, 2.05) is 51.1 Å². The zero-order chi connectivity index (χ0) is 13.6. The summed E-state index contributed by atoms with van der Waals surface area (Å²) in [7, 11) is 0. The lowest BCUT2D eigenvalue weighted by Gasteiger charge is -2.23. The van der Waals surface area contributed by atoms with Crippen LogP contribution in [0.25, 0.3) is 0 Å². The van der Waals surface area contributed by atoms with Crippen molar-refractivity contribution in [1.82, 2.24) is 0 Å². The van der Waals surface area contributed by atoms with Crippen molar-refractivity contribution in [2.75, 3.05) is 0 Å². The molecule has 0 saturated heterocycles. The van der Waals surface area contributed by atoms with Crippen molar-refractivity contribution in [2.45, 2.75) is 42.9 Å². The zero-order valence-electron chi connectivity index (χ0n) is 11.2. The first-order valence-electron chi connectivity index (χ1n) is 5.98. The predicted molar refractivity (Wildman–Crippen MR) is 76.7 cm³/mol. The third kappa shape index (κ3) is 5.41. The first-order valence-corrected chi connectivity index (χ1v) is 6.86. The van der Waals surface area contributed by atoms with Crippen LogP contribution < -0.4 is 0 Å². The Morgan fingerprint density at radius 2 is 2.00 bits per heavy atom. The van der Waals surface area contributed by atoms with E-state index in [1.54, 1.807) is 6.08 Å². The number of rotatable bonds is 5. The van der Waals surface area contributed by atoms with E-state index in [2.05, 4.69) is 6.58 Å². The molecule has 0 saturated carbocycles. The molecule has 0 N–H and O–H groups in total. The van der Waals surface area contributed by atoms with Crippen LogP contribution in [0.15, 0.2) is 47.9 Å². The second kappa shape index (κ2) is 6.64. The van der Waals surface area contributed by atoms with Gasteiger partial charge in [-0.3, -0.25) is 4.79 Å².